The van der Waals surface area contributed by atoms with Crippen molar-refractivity contribution in [1.29, 1.82) is 0 Å². The molecule has 0 atom stereocenters. The Morgan fingerprint density at radius 1 is 1.09 bits per heavy atom. The third kappa shape index (κ3) is 6.50. The quantitative estimate of drug-likeness (QED) is 0.476. The van der Waals surface area contributed by atoms with Gasteiger partial charge in [0.15, 0.2) is 11.7 Å². The number of ether oxygens (including phenoxy) is 1. The zero-order valence-corrected chi connectivity index (χ0v) is 19.4. The molecule has 2 heterocycles. The summed E-state index contributed by atoms with van der Waals surface area (Å²) in [6.07, 6.45) is 1.53. The first kappa shape index (κ1) is 23.7. The third-order valence-electron chi connectivity index (χ3n) is 5.75. The van der Waals surface area contributed by atoms with Crippen molar-refractivity contribution >= 4 is 11.9 Å². The molecule has 1 aliphatic heterocycles. The monoisotopic (exact) mass is 441 g/mol. The van der Waals surface area contributed by atoms with Crippen molar-refractivity contribution in [2.45, 2.75) is 20.4 Å². The van der Waals surface area contributed by atoms with Crippen LogP contribution < -0.4 is 10.1 Å². The highest BCUT2D eigenvalue weighted by atomic mass is 16.5. The smallest absolute Gasteiger partial charge is 0.289 e. The fourth-order valence-corrected chi connectivity index (χ4v) is 3.73. The molecule has 1 amide bonds. The Kier molecular flexibility index (Phi) is 8.98. The third-order valence-corrected chi connectivity index (χ3v) is 5.75. The Hall–Kier alpha value is -3.00. The van der Waals surface area contributed by atoms with E-state index >= 15 is 0 Å². The number of guanidine groups is 1. The average molecular weight is 442 g/mol. The highest BCUT2D eigenvalue weighted by molar-refractivity contribution is 5.91. The number of hydrogen-bond donors (Lipinski definition) is 1. The first-order valence-electron chi connectivity index (χ1n) is 11.4. The molecule has 8 nitrogen and oxygen atoms in total. The minimum atomic E-state index is -0.0583. The van der Waals surface area contributed by atoms with Crippen LogP contribution in [0.15, 0.2) is 52.1 Å². The lowest BCUT2D eigenvalue weighted by molar-refractivity contribution is 0.0657. The Labute approximate surface area is 190 Å². The topological polar surface area (TPSA) is 73.6 Å². The van der Waals surface area contributed by atoms with E-state index in [1.165, 1.54) is 6.26 Å². The standard InChI is InChI=1S/C24H35N5O3/c1-4-27(5-2)16-18-31-21-10-8-20(9-11-21)19-26-24(25-3)29-14-12-28(13-15-29)23(30)22-7-6-17-32-22/h6-11,17H,4-5,12-16,18-19H2,1-3H3,(H,25,26). The number of hydrogen-bond acceptors (Lipinski definition) is 5. The van der Waals surface area contributed by atoms with Crippen molar-refractivity contribution in [3.8, 4) is 5.75 Å². The molecule has 0 aliphatic carbocycles. The van der Waals surface area contributed by atoms with Crippen LogP contribution in [-0.2, 0) is 6.54 Å². The minimum absolute atomic E-state index is 0.0583. The minimum Gasteiger partial charge on any atom is -0.492 e. The summed E-state index contributed by atoms with van der Waals surface area (Å²) in [7, 11) is 1.79. The summed E-state index contributed by atoms with van der Waals surface area (Å²) >= 11 is 0. The first-order valence-corrected chi connectivity index (χ1v) is 11.4. The average Bonchev–Trinajstić information content (AvgIpc) is 3.38. The molecule has 1 aromatic carbocycles. The number of nitrogens with one attached hydrogen (secondary N) is 1. The maximum Gasteiger partial charge on any atom is 0.289 e. The van der Waals surface area contributed by atoms with Gasteiger partial charge in [-0.25, -0.2) is 0 Å². The summed E-state index contributed by atoms with van der Waals surface area (Å²) in [5.74, 6) is 2.07. The number of piperazine rings is 1. The van der Waals surface area contributed by atoms with E-state index < -0.39 is 0 Å². The molecular weight excluding hydrogens is 406 g/mol. The summed E-state index contributed by atoms with van der Waals surface area (Å²) in [4.78, 5) is 23.2. The molecule has 3 rings (SSSR count). The summed E-state index contributed by atoms with van der Waals surface area (Å²) < 4.78 is 11.1. The van der Waals surface area contributed by atoms with Gasteiger partial charge in [0.1, 0.15) is 12.4 Å². The van der Waals surface area contributed by atoms with Crippen molar-refractivity contribution in [3.05, 3.63) is 54.0 Å². The molecule has 8 heteroatoms. The van der Waals surface area contributed by atoms with Crippen LogP contribution in [0.25, 0.3) is 0 Å². The number of aliphatic imine (C=N–C) groups is 1. The van der Waals surface area contributed by atoms with Crippen LogP contribution in [0.1, 0.15) is 30.0 Å². The first-order chi connectivity index (χ1) is 15.6. The molecule has 0 saturated carbocycles. The Morgan fingerprint density at radius 2 is 1.78 bits per heavy atom. The Morgan fingerprint density at radius 3 is 2.38 bits per heavy atom. The van der Waals surface area contributed by atoms with E-state index in [4.69, 9.17) is 9.15 Å². The van der Waals surface area contributed by atoms with E-state index in [-0.39, 0.29) is 5.91 Å². The van der Waals surface area contributed by atoms with E-state index in [9.17, 15) is 4.79 Å². The normalized spacial score (nSPS) is 14.7. The van der Waals surface area contributed by atoms with Gasteiger partial charge in [0.05, 0.1) is 6.26 Å². The van der Waals surface area contributed by atoms with Gasteiger partial charge >= 0.3 is 0 Å². The predicted molar refractivity (Wildman–Crippen MR) is 126 cm³/mol. The van der Waals surface area contributed by atoms with Gasteiger partial charge in [0, 0.05) is 46.3 Å². The lowest BCUT2D eigenvalue weighted by Gasteiger charge is -2.36. The second kappa shape index (κ2) is 12.1. The van der Waals surface area contributed by atoms with Crippen LogP contribution in [0, 0.1) is 0 Å². The van der Waals surface area contributed by atoms with Gasteiger partial charge in [0.2, 0.25) is 0 Å². The summed E-state index contributed by atoms with van der Waals surface area (Å²) in [6, 6.07) is 11.6. The van der Waals surface area contributed by atoms with Crippen molar-refractivity contribution in [3.63, 3.8) is 0 Å². The number of nitrogens with zero attached hydrogens (tertiary/aromatic N) is 4. The number of amides is 1. The molecule has 0 spiro atoms. The van der Waals surface area contributed by atoms with Crippen LogP contribution >= 0.6 is 0 Å². The number of rotatable bonds is 9. The zero-order valence-electron chi connectivity index (χ0n) is 19.4. The summed E-state index contributed by atoms with van der Waals surface area (Å²) in [5, 5.41) is 3.43. The lowest BCUT2D eigenvalue weighted by atomic mass is 10.2. The maximum atomic E-state index is 12.4. The number of carbonyl (C=O) groups excluding carboxylic acids is 1. The van der Waals surface area contributed by atoms with Crippen LogP contribution in [-0.4, -0.2) is 86.0 Å². The lowest BCUT2D eigenvalue weighted by Crippen LogP contribution is -2.53. The van der Waals surface area contributed by atoms with Crippen LogP contribution in [0.3, 0.4) is 0 Å². The maximum absolute atomic E-state index is 12.4. The number of furan rings is 1. The molecule has 0 radical (unpaired) electrons. The predicted octanol–water partition coefficient (Wildman–Crippen LogP) is 2.53. The molecule has 32 heavy (non-hydrogen) atoms. The van der Waals surface area contributed by atoms with Gasteiger partial charge in [-0.3, -0.25) is 9.79 Å². The van der Waals surface area contributed by atoms with Gasteiger partial charge in [0.25, 0.3) is 5.91 Å². The molecule has 2 aromatic rings. The van der Waals surface area contributed by atoms with Gasteiger partial charge in [-0.2, -0.15) is 0 Å². The highest BCUT2D eigenvalue weighted by Crippen LogP contribution is 2.13. The van der Waals surface area contributed by atoms with Crippen LogP contribution in [0.5, 0.6) is 5.75 Å². The van der Waals surface area contributed by atoms with Crippen molar-refractivity contribution in [2.75, 3.05) is 59.5 Å². The largest absolute Gasteiger partial charge is 0.492 e. The summed E-state index contributed by atoms with van der Waals surface area (Å²) in [5.41, 5.74) is 1.16. The highest BCUT2D eigenvalue weighted by Gasteiger charge is 2.25. The van der Waals surface area contributed by atoms with Crippen molar-refractivity contribution < 1.29 is 13.9 Å². The van der Waals surface area contributed by atoms with Gasteiger partial charge in [-0.05, 0) is 42.9 Å². The second-order valence-electron chi connectivity index (χ2n) is 7.68. The molecular formula is C24H35N5O3. The molecule has 0 bridgehead atoms. The van der Waals surface area contributed by atoms with Gasteiger partial charge < -0.3 is 29.2 Å². The zero-order chi connectivity index (χ0) is 22.8. The van der Waals surface area contributed by atoms with Crippen LogP contribution in [0.4, 0.5) is 0 Å². The molecule has 1 fully saturated rings. The molecule has 0 unspecified atom stereocenters. The van der Waals surface area contributed by atoms with Crippen LogP contribution in [0.2, 0.25) is 0 Å². The fraction of sp³-hybridized carbons (Fsp3) is 0.500. The van der Waals surface area contributed by atoms with E-state index in [0.717, 1.165) is 50.0 Å². The SMILES string of the molecule is CCN(CC)CCOc1ccc(CNC(=NC)N2CCN(C(=O)c3ccco3)CC2)cc1. The molecule has 174 valence electrons. The molecule has 1 N–H and O–H groups in total. The van der Waals surface area contributed by atoms with E-state index in [1.807, 2.05) is 17.0 Å². The fourth-order valence-electron chi connectivity index (χ4n) is 3.73. The second-order valence-corrected chi connectivity index (χ2v) is 7.68. The summed E-state index contributed by atoms with van der Waals surface area (Å²) in [6.45, 7) is 11.5. The number of likely N-dealkylation sites (N-methyl/N-ethyl adjacent to an activating group) is 1. The number of carbonyl (C=O) groups is 1. The van der Waals surface area contributed by atoms with Crippen molar-refractivity contribution in [2.24, 2.45) is 4.99 Å². The van der Waals surface area contributed by atoms with Crippen molar-refractivity contribution in [1.82, 2.24) is 20.0 Å². The Bertz CT molecular complexity index is 839. The molecule has 1 saturated heterocycles. The van der Waals surface area contributed by atoms with E-state index in [0.29, 0.717) is 32.0 Å². The number of benzene rings is 1. The Balaban J connectivity index is 1.42. The molecule has 1 aromatic heterocycles. The van der Waals surface area contributed by atoms with Gasteiger partial charge in [-0.15, -0.1) is 0 Å². The van der Waals surface area contributed by atoms with E-state index in [1.54, 1.807) is 19.2 Å². The molecule has 1 aliphatic rings. The van der Waals surface area contributed by atoms with E-state index in [2.05, 4.69) is 46.1 Å². The van der Waals surface area contributed by atoms with Gasteiger partial charge in [-0.1, -0.05) is 26.0 Å².